The van der Waals surface area contributed by atoms with E-state index in [1.807, 2.05) is 0 Å². The highest BCUT2D eigenvalue weighted by atomic mass is 127. The van der Waals surface area contributed by atoms with Crippen LogP contribution in [0.2, 0.25) is 0 Å². The zero-order valence-electron chi connectivity index (χ0n) is 16.1. The van der Waals surface area contributed by atoms with Crippen molar-refractivity contribution in [3.8, 4) is 11.1 Å². The first-order valence-corrected chi connectivity index (χ1v) is 9.55. The highest BCUT2D eigenvalue weighted by Gasteiger charge is 2.45. The number of benzene rings is 4. The second-order valence-electron chi connectivity index (χ2n) is 7.57. The summed E-state index contributed by atoms with van der Waals surface area (Å²) in [5, 5.41) is 0. The molecule has 28 heavy (non-hydrogen) atoms. The Labute approximate surface area is 184 Å². The van der Waals surface area contributed by atoms with E-state index in [1.165, 1.54) is 44.5 Å². The summed E-state index contributed by atoms with van der Waals surface area (Å²) in [4.78, 5) is 0. The van der Waals surface area contributed by atoms with Crippen molar-refractivity contribution in [2.75, 3.05) is 0 Å². The Hall–Kier alpha value is -2.39. The maximum absolute atomic E-state index is 2.30. The van der Waals surface area contributed by atoms with Gasteiger partial charge in [-0.2, -0.15) is 0 Å². The van der Waals surface area contributed by atoms with Crippen LogP contribution in [-0.2, 0) is 5.41 Å². The van der Waals surface area contributed by atoms with Crippen LogP contribution in [0.3, 0.4) is 0 Å². The molecule has 1 heteroatoms. The third-order valence-electron chi connectivity index (χ3n) is 5.92. The normalized spacial score (nSPS) is 13.4. The zero-order valence-corrected chi connectivity index (χ0v) is 18.5. The van der Waals surface area contributed by atoms with Crippen molar-refractivity contribution in [1.82, 2.24) is 0 Å². The van der Waals surface area contributed by atoms with E-state index in [9.17, 15) is 0 Å². The molecule has 0 N–H and O–H groups in total. The molecule has 4 aromatic carbocycles. The molecule has 0 radical (unpaired) electrons. The minimum atomic E-state index is -0.269. The van der Waals surface area contributed by atoms with Crippen molar-refractivity contribution in [2.24, 2.45) is 0 Å². The van der Waals surface area contributed by atoms with E-state index in [0.29, 0.717) is 0 Å². The highest BCUT2D eigenvalue weighted by molar-refractivity contribution is 14.0. The summed E-state index contributed by atoms with van der Waals surface area (Å²) < 4.78 is 0. The number of hydrogen-bond donors (Lipinski definition) is 0. The van der Waals surface area contributed by atoms with E-state index in [-0.39, 0.29) is 29.4 Å². The van der Waals surface area contributed by atoms with Crippen LogP contribution < -0.4 is 0 Å². The minimum absolute atomic E-state index is 0. The van der Waals surface area contributed by atoms with Crippen molar-refractivity contribution in [1.29, 1.82) is 0 Å². The molecule has 4 aromatic rings. The molecule has 0 unspecified atom stereocenters. The zero-order chi connectivity index (χ0) is 18.4. The molecule has 0 saturated heterocycles. The van der Waals surface area contributed by atoms with Crippen LogP contribution >= 0.6 is 24.0 Å². The summed E-state index contributed by atoms with van der Waals surface area (Å²) >= 11 is 0. The first kappa shape index (κ1) is 18.9. The number of halogens is 1. The Bertz CT molecular complexity index is 1030. The Morgan fingerprint density at radius 1 is 0.464 bits per heavy atom. The van der Waals surface area contributed by atoms with E-state index in [0.717, 1.165) is 0 Å². The van der Waals surface area contributed by atoms with Gasteiger partial charge in [0.15, 0.2) is 0 Å². The van der Waals surface area contributed by atoms with Gasteiger partial charge >= 0.3 is 0 Å². The van der Waals surface area contributed by atoms with Gasteiger partial charge in [-0.3, -0.25) is 0 Å². The monoisotopic (exact) mass is 474 g/mol. The van der Waals surface area contributed by atoms with Crippen LogP contribution in [0.5, 0.6) is 0 Å². The first-order valence-electron chi connectivity index (χ1n) is 9.55. The minimum Gasteiger partial charge on any atom is -0.107 e. The topological polar surface area (TPSA) is 0 Å². The molecule has 1 aliphatic rings. The Morgan fingerprint density at radius 3 is 1.21 bits per heavy atom. The molecule has 0 amide bonds. The van der Waals surface area contributed by atoms with Crippen LogP contribution in [0, 0.1) is 13.8 Å². The Kier molecular flexibility index (Phi) is 4.88. The smallest absolute Gasteiger partial charge is 0.0713 e. The van der Waals surface area contributed by atoms with Gasteiger partial charge in [-0.25, -0.2) is 0 Å². The van der Waals surface area contributed by atoms with Gasteiger partial charge in [-0.1, -0.05) is 108 Å². The van der Waals surface area contributed by atoms with Gasteiger partial charge in [0, 0.05) is 0 Å². The van der Waals surface area contributed by atoms with Crippen LogP contribution in [-0.4, -0.2) is 0 Å². The maximum atomic E-state index is 2.30. The van der Waals surface area contributed by atoms with E-state index in [4.69, 9.17) is 0 Å². The van der Waals surface area contributed by atoms with Gasteiger partial charge in [-0.15, -0.1) is 24.0 Å². The standard InChI is InChI=1S/C27H22.HI/c1-19-11-15-21(16-12-19)27(22-17-13-20(2)14-18-22)25-9-5-3-7-23(25)24-8-4-6-10-26(24)27;/h3-18H,1-2H3;1H. The molecule has 0 heterocycles. The van der Waals surface area contributed by atoms with Crippen LogP contribution in [0.1, 0.15) is 33.4 Å². The van der Waals surface area contributed by atoms with Crippen molar-refractivity contribution < 1.29 is 0 Å². The van der Waals surface area contributed by atoms with Gasteiger partial charge in [-0.05, 0) is 47.2 Å². The summed E-state index contributed by atoms with van der Waals surface area (Å²) in [6, 6.07) is 35.9. The number of fused-ring (bicyclic) bond motifs is 3. The van der Waals surface area contributed by atoms with E-state index in [1.54, 1.807) is 0 Å². The molecular weight excluding hydrogens is 451 g/mol. The van der Waals surface area contributed by atoms with Gasteiger partial charge in [0.2, 0.25) is 0 Å². The molecule has 0 spiro atoms. The predicted molar refractivity (Wildman–Crippen MR) is 129 cm³/mol. The average molecular weight is 474 g/mol. The Balaban J connectivity index is 0.00000192. The number of aryl methyl sites for hydroxylation is 2. The van der Waals surface area contributed by atoms with E-state index < -0.39 is 0 Å². The predicted octanol–water partition coefficient (Wildman–Crippen LogP) is 7.28. The third-order valence-corrected chi connectivity index (χ3v) is 5.92. The lowest BCUT2D eigenvalue weighted by Crippen LogP contribution is -2.28. The molecule has 0 atom stereocenters. The summed E-state index contributed by atoms with van der Waals surface area (Å²) in [5.74, 6) is 0. The second kappa shape index (κ2) is 7.21. The molecule has 0 nitrogen and oxygen atoms in total. The summed E-state index contributed by atoms with van der Waals surface area (Å²) in [7, 11) is 0. The summed E-state index contributed by atoms with van der Waals surface area (Å²) in [6.07, 6.45) is 0. The Morgan fingerprint density at radius 2 is 0.821 bits per heavy atom. The number of rotatable bonds is 2. The molecule has 0 bridgehead atoms. The van der Waals surface area contributed by atoms with Crippen molar-refractivity contribution >= 4 is 24.0 Å². The van der Waals surface area contributed by atoms with Gasteiger partial charge in [0.1, 0.15) is 0 Å². The molecule has 5 rings (SSSR count). The van der Waals surface area contributed by atoms with Crippen LogP contribution in [0.4, 0.5) is 0 Å². The lowest BCUT2D eigenvalue weighted by atomic mass is 9.67. The molecule has 0 aliphatic heterocycles. The lowest BCUT2D eigenvalue weighted by Gasteiger charge is -2.34. The van der Waals surface area contributed by atoms with Crippen LogP contribution in [0.15, 0.2) is 97.1 Å². The van der Waals surface area contributed by atoms with Crippen LogP contribution in [0.25, 0.3) is 11.1 Å². The second-order valence-corrected chi connectivity index (χ2v) is 7.57. The summed E-state index contributed by atoms with van der Waals surface area (Å²) in [6.45, 7) is 4.30. The molecule has 0 aromatic heterocycles. The first-order chi connectivity index (χ1) is 13.2. The lowest BCUT2D eigenvalue weighted by molar-refractivity contribution is 0.767. The van der Waals surface area contributed by atoms with E-state index in [2.05, 4.69) is 111 Å². The fraction of sp³-hybridized carbons (Fsp3) is 0.111. The fourth-order valence-electron chi connectivity index (χ4n) is 4.63. The van der Waals surface area contributed by atoms with Gasteiger partial charge in [0.05, 0.1) is 5.41 Å². The van der Waals surface area contributed by atoms with Crippen molar-refractivity contribution in [3.63, 3.8) is 0 Å². The van der Waals surface area contributed by atoms with E-state index >= 15 is 0 Å². The number of hydrogen-bond acceptors (Lipinski definition) is 0. The molecule has 0 fully saturated rings. The van der Waals surface area contributed by atoms with Crippen molar-refractivity contribution in [3.05, 3.63) is 130 Å². The molecule has 138 valence electrons. The summed E-state index contributed by atoms with van der Waals surface area (Å²) in [5.41, 5.74) is 10.4. The molecule has 1 aliphatic carbocycles. The molecule has 0 saturated carbocycles. The van der Waals surface area contributed by atoms with Gasteiger partial charge in [0.25, 0.3) is 0 Å². The SMILES string of the molecule is Cc1ccc(C2(c3ccc(C)cc3)c3ccccc3-c3ccccc32)cc1.I. The quantitative estimate of drug-likeness (QED) is 0.236. The average Bonchev–Trinajstić information content (AvgIpc) is 3.01. The van der Waals surface area contributed by atoms with Gasteiger partial charge < -0.3 is 0 Å². The largest absolute Gasteiger partial charge is 0.107 e. The van der Waals surface area contributed by atoms with Crippen molar-refractivity contribution in [2.45, 2.75) is 19.3 Å². The fourth-order valence-corrected chi connectivity index (χ4v) is 4.63. The highest BCUT2D eigenvalue weighted by Crippen LogP contribution is 2.55. The third kappa shape index (κ3) is 2.64. The molecular formula is C27H23I. The maximum Gasteiger partial charge on any atom is 0.0713 e.